The van der Waals surface area contributed by atoms with Gasteiger partial charge in [-0.3, -0.25) is 0 Å². The number of benzene rings is 1. The first-order valence-electron chi connectivity index (χ1n) is 6.59. The summed E-state index contributed by atoms with van der Waals surface area (Å²) in [5.74, 6) is 0. The molecule has 0 saturated carbocycles. The zero-order valence-electron chi connectivity index (χ0n) is 11.0. The van der Waals surface area contributed by atoms with E-state index in [1.54, 1.807) is 0 Å². The summed E-state index contributed by atoms with van der Waals surface area (Å²) in [6.45, 7) is 6.90. The van der Waals surface area contributed by atoms with E-state index in [0.29, 0.717) is 0 Å². The molecule has 0 saturated heterocycles. The lowest BCUT2D eigenvalue weighted by Crippen LogP contribution is -2.25. The zero-order valence-corrected chi connectivity index (χ0v) is 11.0. The summed E-state index contributed by atoms with van der Waals surface area (Å²) >= 11 is 0. The first-order chi connectivity index (χ1) is 7.77. The molecule has 1 rings (SSSR count). The Kier molecular flexibility index (Phi) is 6.06. The van der Waals surface area contributed by atoms with E-state index in [0.717, 1.165) is 0 Å². The molecular weight excluding hydrogens is 193 g/mol. The number of rotatable bonds is 7. The lowest BCUT2D eigenvalue weighted by molar-refractivity contribution is 0.678. The number of hydrogen-bond donors (Lipinski definition) is 0. The molecule has 0 unspecified atom stereocenters. The van der Waals surface area contributed by atoms with E-state index in [1.165, 1.54) is 49.9 Å². The third-order valence-corrected chi connectivity index (χ3v) is 2.96. The molecule has 0 spiro atoms. The molecule has 0 N–H and O–H groups in total. The largest absolute Gasteiger partial charge is 0.372 e. The van der Waals surface area contributed by atoms with Crippen LogP contribution < -0.4 is 10.4 Å². The summed E-state index contributed by atoms with van der Waals surface area (Å²) in [6, 6.07) is 8.92. The van der Waals surface area contributed by atoms with E-state index in [9.17, 15) is 0 Å². The van der Waals surface area contributed by atoms with E-state index < -0.39 is 0 Å². The molecule has 88 valence electrons. The molecule has 0 aliphatic heterocycles. The molecule has 0 radical (unpaired) electrons. The van der Waals surface area contributed by atoms with Gasteiger partial charge >= 0.3 is 0 Å². The zero-order chi connectivity index (χ0) is 11.8. The van der Waals surface area contributed by atoms with Crippen molar-refractivity contribution in [3.05, 3.63) is 24.3 Å². The Morgan fingerprint density at radius 3 is 1.88 bits per heavy atom. The van der Waals surface area contributed by atoms with Crippen molar-refractivity contribution in [3.8, 4) is 0 Å². The summed E-state index contributed by atoms with van der Waals surface area (Å²) in [6.07, 6.45) is 5.12. The average Bonchev–Trinajstić information content (AvgIpc) is 2.31. The Balaban J connectivity index is 2.62. The third-order valence-electron chi connectivity index (χ3n) is 2.96. The summed E-state index contributed by atoms with van der Waals surface area (Å²) in [7, 11) is 2.15. The Hall–Kier alpha value is -0.915. The van der Waals surface area contributed by atoms with Crippen molar-refractivity contribution in [1.29, 1.82) is 0 Å². The van der Waals surface area contributed by atoms with Gasteiger partial charge in [-0.15, -0.1) is 0 Å². The second kappa shape index (κ2) is 7.37. The van der Waals surface area contributed by atoms with E-state index in [1.807, 2.05) is 0 Å². The Bertz CT molecular complexity index is 273. The van der Waals surface area contributed by atoms with Crippen LogP contribution in [0.2, 0.25) is 0 Å². The van der Waals surface area contributed by atoms with Crippen LogP contribution >= 0.6 is 0 Å². The molecule has 0 fully saturated rings. The minimum Gasteiger partial charge on any atom is -0.372 e. The minimum absolute atomic E-state index is 1.19. The van der Waals surface area contributed by atoms with Crippen LogP contribution in [-0.4, -0.2) is 20.9 Å². The molecule has 0 aromatic heterocycles. The van der Waals surface area contributed by atoms with Gasteiger partial charge < -0.3 is 4.90 Å². The third kappa shape index (κ3) is 4.30. The fraction of sp³-hybridized carbons (Fsp3) is 0.571. The van der Waals surface area contributed by atoms with Gasteiger partial charge in [-0.25, -0.2) is 0 Å². The van der Waals surface area contributed by atoms with Crippen molar-refractivity contribution in [2.45, 2.75) is 39.5 Å². The van der Waals surface area contributed by atoms with Gasteiger partial charge in [-0.2, -0.15) is 0 Å². The Morgan fingerprint density at radius 2 is 1.44 bits per heavy atom. The molecule has 0 atom stereocenters. The topological polar surface area (TPSA) is 3.24 Å². The van der Waals surface area contributed by atoms with Gasteiger partial charge in [0.25, 0.3) is 0 Å². The first-order valence-corrected chi connectivity index (χ1v) is 6.59. The van der Waals surface area contributed by atoms with Gasteiger partial charge in [0.1, 0.15) is 7.85 Å². The molecule has 1 aromatic rings. The molecule has 0 aliphatic carbocycles. The molecule has 0 bridgehead atoms. The molecule has 1 nitrogen and oxygen atoms in total. The van der Waals surface area contributed by atoms with Crippen molar-refractivity contribution in [2.24, 2.45) is 0 Å². The van der Waals surface area contributed by atoms with Crippen molar-refractivity contribution in [3.63, 3.8) is 0 Å². The maximum Gasteiger partial charge on any atom is 0.139 e. The van der Waals surface area contributed by atoms with Crippen LogP contribution in [-0.2, 0) is 0 Å². The molecule has 0 amide bonds. The van der Waals surface area contributed by atoms with E-state index in [2.05, 4.69) is 50.9 Å². The fourth-order valence-corrected chi connectivity index (χ4v) is 1.82. The maximum absolute atomic E-state index is 2.52. The van der Waals surface area contributed by atoms with Crippen LogP contribution in [0, 0.1) is 0 Å². The second-order valence-corrected chi connectivity index (χ2v) is 4.53. The predicted molar refractivity (Wildman–Crippen MR) is 76.6 cm³/mol. The van der Waals surface area contributed by atoms with Crippen molar-refractivity contribution < 1.29 is 0 Å². The highest BCUT2D eigenvalue weighted by atomic mass is 15.1. The molecule has 16 heavy (non-hydrogen) atoms. The SMILES string of the molecule is Bc1ccc(N(CCCC)CCCC)cc1. The second-order valence-electron chi connectivity index (χ2n) is 4.53. The van der Waals surface area contributed by atoms with Crippen molar-refractivity contribution in [2.75, 3.05) is 18.0 Å². The quantitative estimate of drug-likeness (QED) is 0.633. The van der Waals surface area contributed by atoms with Gasteiger partial charge in [-0.05, 0) is 25.0 Å². The van der Waals surface area contributed by atoms with Crippen LogP contribution in [0.15, 0.2) is 24.3 Å². The van der Waals surface area contributed by atoms with Crippen LogP contribution in [0.25, 0.3) is 0 Å². The Labute approximate surface area is 101 Å². The van der Waals surface area contributed by atoms with Gasteiger partial charge in [0, 0.05) is 18.8 Å². The van der Waals surface area contributed by atoms with Gasteiger partial charge in [0.05, 0.1) is 0 Å². The highest BCUT2D eigenvalue weighted by molar-refractivity contribution is 6.32. The average molecular weight is 217 g/mol. The predicted octanol–water partition coefficient (Wildman–Crippen LogP) is 2.35. The van der Waals surface area contributed by atoms with Gasteiger partial charge in [-0.1, -0.05) is 44.3 Å². The van der Waals surface area contributed by atoms with Crippen molar-refractivity contribution >= 4 is 19.0 Å². The summed E-state index contributed by atoms with van der Waals surface area (Å²) in [4.78, 5) is 2.52. The monoisotopic (exact) mass is 217 g/mol. The summed E-state index contributed by atoms with van der Waals surface area (Å²) in [5, 5.41) is 0. The van der Waals surface area contributed by atoms with E-state index in [4.69, 9.17) is 0 Å². The smallest absolute Gasteiger partial charge is 0.139 e. The van der Waals surface area contributed by atoms with Gasteiger partial charge in [0.2, 0.25) is 0 Å². The molecular formula is C14H24BN. The van der Waals surface area contributed by atoms with E-state index >= 15 is 0 Å². The van der Waals surface area contributed by atoms with Crippen LogP contribution in [0.3, 0.4) is 0 Å². The fourth-order valence-electron chi connectivity index (χ4n) is 1.82. The highest BCUT2D eigenvalue weighted by Gasteiger charge is 2.04. The molecule has 0 aliphatic rings. The number of hydrogen-bond acceptors (Lipinski definition) is 1. The lowest BCUT2D eigenvalue weighted by atomic mass is 9.96. The molecule has 1 aromatic carbocycles. The number of unbranched alkanes of at least 4 members (excludes halogenated alkanes) is 2. The summed E-state index contributed by atoms with van der Waals surface area (Å²) < 4.78 is 0. The highest BCUT2D eigenvalue weighted by Crippen LogP contribution is 2.14. The molecule has 0 heterocycles. The number of anilines is 1. The van der Waals surface area contributed by atoms with Crippen molar-refractivity contribution in [1.82, 2.24) is 0 Å². The number of nitrogens with zero attached hydrogens (tertiary/aromatic N) is 1. The molecule has 2 heteroatoms. The maximum atomic E-state index is 2.52. The van der Waals surface area contributed by atoms with E-state index in [-0.39, 0.29) is 0 Å². The normalized spacial score (nSPS) is 10.4. The minimum atomic E-state index is 1.19. The van der Waals surface area contributed by atoms with Crippen LogP contribution in [0.1, 0.15) is 39.5 Å². The standard InChI is InChI=1S/C14H24BN/c1-3-5-11-16(12-6-4-2)14-9-7-13(15)8-10-14/h7-10H,3-6,11-12,15H2,1-2H3. The van der Waals surface area contributed by atoms with Gasteiger partial charge in [0.15, 0.2) is 0 Å². The van der Waals surface area contributed by atoms with Crippen LogP contribution in [0.4, 0.5) is 5.69 Å². The van der Waals surface area contributed by atoms with Crippen LogP contribution in [0.5, 0.6) is 0 Å². The lowest BCUT2D eigenvalue weighted by Gasteiger charge is -2.24. The Morgan fingerprint density at radius 1 is 0.938 bits per heavy atom. The summed E-state index contributed by atoms with van der Waals surface area (Å²) in [5.41, 5.74) is 2.72. The first kappa shape index (κ1) is 13.2.